The van der Waals surface area contributed by atoms with Gasteiger partial charge in [0.05, 0.1) is 11.8 Å². The van der Waals surface area contributed by atoms with Gasteiger partial charge in [0.1, 0.15) is 0 Å². The summed E-state index contributed by atoms with van der Waals surface area (Å²) in [5.41, 5.74) is 0. The first-order valence-corrected chi connectivity index (χ1v) is 9.64. The van der Waals surface area contributed by atoms with Gasteiger partial charge < -0.3 is 10.2 Å². The van der Waals surface area contributed by atoms with Gasteiger partial charge in [0.15, 0.2) is 0 Å². The smallest absolute Gasteiger partial charge is 0.317 e. The largest absolute Gasteiger partial charge is 0.336 e. The van der Waals surface area contributed by atoms with E-state index >= 15 is 0 Å². The number of amides is 4. The molecule has 0 aromatic heterocycles. The highest BCUT2D eigenvalue weighted by atomic mass is 16.2. The number of carbonyl (C=O) groups excluding carboxylic acids is 3. The van der Waals surface area contributed by atoms with Crippen LogP contribution in [0.25, 0.3) is 0 Å². The molecule has 2 fully saturated rings. The van der Waals surface area contributed by atoms with Crippen LogP contribution in [0.5, 0.6) is 0 Å². The third-order valence-electron chi connectivity index (χ3n) is 5.74. The lowest BCUT2D eigenvalue weighted by Crippen LogP contribution is -2.45. The predicted molar refractivity (Wildman–Crippen MR) is 94.6 cm³/mol. The Labute approximate surface area is 149 Å². The second kappa shape index (κ2) is 7.58. The molecule has 4 aliphatic rings. The lowest BCUT2D eigenvalue weighted by atomic mass is 9.63. The molecule has 2 bridgehead atoms. The Morgan fingerprint density at radius 2 is 1.60 bits per heavy atom. The highest BCUT2D eigenvalue weighted by molar-refractivity contribution is 6.06. The Kier molecular flexibility index (Phi) is 5.45. The summed E-state index contributed by atoms with van der Waals surface area (Å²) in [5.74, 6) is 0.0306. The van der Waals surface area contributed by atoms with Crippen LogP contribution in [0.2, 0.25) is 0 Å². The second-order valence-electron chi connectivity index (χ2n) is 7.39. The molecule has 0 aromatic rings. The van der Waals surface area contributed by atoms with E-state index in [2.05, 4.69) is 17.5 Å². The number of allylic oxidation sites excluding steroid dienone is 2. The van der Waals surface area contributed by atoms with Gasteiger partial charge in [0.2, 0.25) is 11.8 Å². The van der Waals surface area contributed by atoms with Gasteiger partial charge in [-0.3, -0.25) is 14.5 Å². The van der Waals surface area contributed by atoms with Crippen LogP contribution in [0.3, 0.4) is 0 Å². The number of carbonyl (C=O) groups is 3. The summed E-state index contributed by atoms with van der Waals surface area (Å²) in [6, 6.07) is -0.109. The van der Waals surface area contributed by atoms with E-state index in [9.17, 15) is 14.4 Å². The Bertz CT molecular complexity index is 536. The van der Waals surface area contributed by atoms with Gasteiger partial charge in [-0.1, -0.05) is 26.0 Å². The molecule has 4 amide bonds. The lowest BCUT2D eigenvalue weighted by molar-refractivity contribution is -0.140. The van der Waals surface area contributed by atoms with E-state index in [0.717, 1.165) is 38.8 Å². The molecule has 3 aliphatic carbocycles. The molecule has 4 atom stereocenters. The van der Waals surface area contributed by atoms with Crippen molar-refractivity contribution >= 4 is 17.8 Å². The first kappa shape index (κ1) is 18.0. The minimum absolute atomic E-state index is 0.0396. The fourth-order valence-electron chi connectivity index (χ4n) is 4.60. The number of likely N-dealkylation sites (tertiary alicyclic amines) is 1. The Balaban J connectivity index is 1.55. The van der Waals surface area contributed by atoms with Crippen molar-refractivity contribution in [1.29, 1.82) is 0 Å². The topological polar surface area (TPSA) is 69.7 Å². The second-order valence-corrected chi connectivity index (χ2v) is 7.39. The fourth-order valence-corrected chi connectivity index (χ4v) is 4.60. The van der Waals surface area contributed by atoms with Gasteiger partial charge in [-0.2, -0.15) is 0 Å². The van der Waals surface area contributed by atoms with Crippen molar-refractivity contribution in [2.75, 3.05) is 26.2 Å². The third-order valence-corrected chi connectivity index (χ3v) is 5.74. The summed E-state index contributed by atoms with van der Waals surface area (Å²) >= 11 is 0. The van der Waals surface area contributed by atoms with Crippen molar-refractivity contribution in [3.63, 3.8) is 0 Å². The molecule has 0 unspecified atom stereocenters. The summed E-state index contributed by atoms with van der Waals surface area (Å²) in [5, 5.41) is 2.87. The summed E-state index contributed by atoms with van der Waals surface area (Å²) < 4.78 is 0. The number of fused-ring (bicyclic) bond motifs is 1. The molecule has 1 saturated carbocycles. The van der Waals surface area contributed by atoms with Crippen LogP contribution in [-0.2, 0) is 9.59 Å². The minimum Gasteiger partial charge on any atom is -0.336 e. The number of rotatable bonds is 7. The molecular formula is C19H29N3O3. The molecule has 6 heteroatoms. The van der Waals surface area contributed by atoms with Gasteiger partial charge in [-0.25, -0.2) is 4.79 Å². The predicted octanol–water partition coefficient (Wildman–Crippen LogP) is 2.02. The van der Waals surface area contributed by atoms with Crippen LogP contribution in [-0.4, -0.2) is 53.8 Å². The molecule has 6 nitrogen and oxygen atoms in total. The average Bonchev–Trinajstić information content (AvgIpc) is 2.89. The van der Waals surface area contributed by atoms with Gasteiger partial charge in [0.25, 0.3) is 0 Å². The van der Waals surface area contributed by atoms with Crippen molar-refractivity contribution in [3.8, 4) is 0 Å². The Morgan fingerprint density at radius 3 is 2.04 bits per heavy atom. The third kappa shape index (κ3) is 3.31. The molecule has 1 heterocycles. The zero-order valence-electron chi connectivity index (χ0n) is 15.2. The van der Waals surface area contributed by atoms with Gasteiger partial charge in [-0.15, -0.1) is 0 Å². The summed E-state index contributed by atoms with van der Waals surface area (Å²) in [6.07, 6.45) is 8.09. The fraction of sp³-hybridized carbons (Fsp3) is 0.737. The molecule has 1 aliphatic heterocycles. The van der Waals surface area contributed by atoms with Gasteiger partial charge in [0, 0.05) is 26.2 Å². The molecule has 138 valence electrons. The molecule has 25 heavy (non-hydrogen) atoms. The van der Waals surface area contributed by atoms with E-state index < -0.39 is 0 Å². The van der Waals surface area contributed by atoms with Crippen LogP contribution in [0.4, 0.5) is 4.79 Å². The van der Waals surface area contributed by atoms with Crippen LogP contribution in [0.1, 0.15) is 39.5 Å². The molecule has 0 aromatic carbocycles. The van der Waals surface area contributed by atoms with E-state index in [-0.39, 0.29) is 48.1 Å². The number of nitrogens with zero attached hydrogens (tertiary/aromatic N) is 2. The van der Waals surface area contributed by atoms with Crippen LogP contribution in [0, 0.1) is 23.7 Å². The molecule has 1 N–H and O–H groups in total. The highest BCUT2D eigenvalue weighted by Crippen LogP contribution is 2.49. The maximum atomic E-state index is 12.7. The molecule has 0 spiro atoms. The first-order valence-electron chi connectivity index (χ1n) is 9.64. The zero-order valence-corrected chi connectivity index (χ0v) is 15.2. The van der Waals surface area contributed by atoms with Crippen molar-refractivity contribution in [2.24, 2.45) is 23.7 Å². The highest BCUT2D eigenvalue weighted by Gasteiger charge is 2.56. The van der Waals surface area contributed by atoms with E-state index in [1.165, 1.54) is 4.90 Å². The van der Waals surface area contributed by atoms with Crippen molar-refractivity contribution in [1.82, 2.24) is 15.1 Å². The quantitative estimate of drug-likeness (QED) is 0.566. The van der Waals surface area contributed by atoms with Crippen molar-refractivity contribution in [3.05, 3.63) is 12.2 Å². The summed E-state index contributed by atoms with van der Waals surface area (Å²) in [4.78, 5) is 40.8. The normalized spacial score (nSPS) is 29.9. The maximum Gasteiger partial charge on any atom is 0.317 e. The number of imide groups is 1. The van der Waals surface area contributed by atoms with Crippen LogP contribution in [0.15, 0.2) is 12.2 Å². The summed E-state index contributed by atoms with van der Waals surface area (Å²) in [6.45, 7) is 6.13. The van der Waals surface area contributed by atoms with Crippen molar-refractivity contribution in [2.45, 2.75) is 39.5 Å². The Morgan fingerprint density at radius 1 is 1.08 bits per heavy atom. The number of hydrogen-bond acceptors (Lipinski definition) is 3. The SMILES string of the molecule is CCCN(CCC)C(=O)NCCN1C(=O)[C@H]2[C@H](C1=O)[C@H]1C=C[C@H]2CC1. The minimum atomic E-state index is -0.163. The maximum absolute atomic E-state index is 12.7. The number of hydrogen-bond donors (Lipinski definition) is 1. The molecule has 1 saturated heterocycles. The monoisotopic (exact) mass is 347 g/mol. The van der Waals surface area contributed by atoms with E-state index in [1.54, 1.807) is 4.90 Å². The lowest BCUT2D eigenvalue weighted by Gasteiger charge is -2.38. The van der Waals surface area contributed by atoms with Crippen LogP contribution < -0.4 is 5.32 Å². The number of urea groups is 1. The van der Waals surface area contributed by atoms with E-state index in [1.807, 2.05) is 13.8 Å². The molecular weight excluding hydrogens is 318 g/mol. The average molecular weight is 347 g/mol. The number of nitrogens with one attached hydrogen (secondary N) is 1. The van der Waals surface area contributed by atoms with E-state index in [0.29, 0.717) is 6.54 Å². The first-order chi connectivity index (χ1) is 12.1. The molecule has 0 radical (unpaired) electrons. The Hall–Kier alpha value is -1.85. The van der Waals surface area contributed by atoms with Crippen LogP contribution >= 0.6 is 0 Å². The molecule has 4 rings (SSSR count). The zero-order chi connectivity index (χ0) is 18.0. The van der Waals surface area contributed by atoms with Gasteiger partial charge >= 0.3 is 6.03 Å². The van der Waals surface area contributed by atoms with Crippen molar-refractivity contribution < 1.29 is 14.4 Å². The van der Waals surface area contributed by atoms with Gasteiger partial charge in [-0.05, 0) is 37.5 Å². The summed E-state index contributed by atoms with van der Waals surface area (Å²) in [7, 11) is 0. The van der Waals surface area contributed by atoms with E-state index in [4.69, 9.17) is 0 Å². The standard InChI is InChI=1S/C19H29N3O3/c1-3-10-21(11-4-2)19(25)20-9-12-22-17(23)15-13-5-6-14(8-7-13)16(15)18(22)24/h5-6,13-16H,3-4,7-12H2,1-2H3,(H,20,25)/t13-,14-,15+,16+/m0/s1.